The van der Waals surface area contributed by atoms with Crippen molar-refractivity contribution in [1.82, 2.24) is 0 Å². The Morgan fingerprint density at radius 1 is 1.25 bits per heavy atom. The van der Waals surface area contributed by atoms with Gasteiger partial charge in [0.2, 0.25) is 0 Å². The molecule has 2 heteroatoms. The Labute approximate surface area is 98.3 Å². The van der Waals surface area contributed by atoms with Crippen molar-refractivity contribution < 1.29 is 9.84 Å². The summed E-state index contributed by atoms with van der Waals surface area (Å²) in [6, 6.07) is 5.94. The highest BCUT2D eigenvalue weighted by molar-refractivity contribution is 5.40. The molecule has 0 aliphatic rings. The largest absolute Gasteiger partial charge is 0.493 e. The Hall–Kier alpha value is -1.02. The molecule has 0 spiro atoms. The number of hydrogen-bond donors (Lipinski definition) is 1. The normalized spacial score (nSPS) is 12.9. The summed E-state index contributed by atoms with van der Waals surface area (Å²) in [4.78, 5) is 0. The maximum Gasteiger partial charge on any atom is 0.122 e. The third-order valence-electron chi connectivity index (χ3n) is 2.60. The van der Waals surface area contributed by atoms with E-state index in [4.69, 9.17) is 4.74 Å². The molecule has 0 saturated heterocycles. The number of aliphatic hydroxyl groups excluding tert-OH is 1. The van der Waals surface area contributed by atoms with Crippen LogP contribution in [-0.2, 0) is 0 Å². The first-order valence-electron chi connectivity index (χ1n) is 6.01. The quantitative estimate of drug-likeness (QED) is 0.824. The van der Waals surface area contributed by atoms with Gasteiger partial charge in [0.25, 0.3) is 0 Å². The summed E-state index contributed by atoms with van der Waals surface area (Å²) in [6.07, 6.45) is 0.591. The number of rotatable bonds is 5. The van der Waals surface area contributed by atoms with E-state index in [1.165, 1.54) is 5.56 Å². The molecule has 1 rings (SSSR count). The van der Waals surface area contributed by atoms with Gasteiger partial charge in [0.1, 0.15) is 5.75 Å². The third-order valence-corrected chi connectivity index (χ3v) is 2.60. The van der Waals surface area contributed by atoms with Gasteiger partial charge in [0.15, 0.2) is 0 Å². The first-order chi connectivity index (χ1) is 7.56. The summed E-state index contributed by atoms with van der Waals surface area (Å²) >= 11 is 0. The van der Waals surface area contributed by atoms with Crippen LogP contribution in [0.1, 0.15) is 57.3 Å². The Bertz CT molecular complexity index is 330. The van der Waals surface area contributed by atoms with E-state index in [1.807, 2.05) is 18.2 Å². The molecule has 0 aliphatic carbocycles. The van der Waals surface area contributed by atoms with Gasteiger partial charge in [-0.2, -0.15) is 0 Å². The predicted molar refractivity (Wildman–Crippen MR) is 67.0 cm³/mol. The maximum atomic E-state index is 9.56. The van der Waals surface area contributed by atoms with Crippen LogP contribution in [0.15, 0.2) is 18.2 Å². The molecule has 0 radical (unpaired) electrons. The van der Waals surface area contributed by atoms with Crippen molar-refractivity contribution in [2.75, 3.05) is 6.61 Å². The van der Waals surface area contributed by atoms with Gasteiger partial charge in [0, 0.05) is 0 Å². The lowest BCUT2D eigenvalue weighted by Gasteiger charge is -2.16. The molecular formula is C14H22O2. The molecule has 0 saturated carbocycles. The molecule has 0 aliphatic heterocycles. The molecular weight excluding hydrogens is 200 g/mol. The minimum atomic E-state index is -0.419. The average molecular weight is 222 g/mol. The van der Waals surface area contributed by atoms with Gasteiger partial charge in [-0.15, -0.1) is 0 Å². The van der Waals surface area contributed by atoms with Crippen LogP contribution in [-0.4, -0.2) is 11.7 Å². The van der Waals surface area contributed by atoms with E-state index in [2.05, 4.69) is 20.8 Å². The van der Waals surface area contributed by atoms with Crippen molar-refractivity contribution in [2.24, 2.45) is 0 Å². The standard InChI is InChI=1S/C14H22O2/c1-5-8-16-14-7-6-12(11(4)15)9-13(14)10(2)3/h6-7,9-11,15H,5,8H2,1-4H3. The fraction of sp³-hybridized carbons (Fsp3) is 0.571. The van der Waals surface area contributed by atoms with Crippen LogP contribution in [0.5, 0.6) is 5.75 Å². The summed E-state index contributed by atoms with van der Waals surface area (Å²) in [5, 5.41) is 9.56. The van der Waals surface area contributed by atoms with Crippen LogP contribution in [0.4, 0.5) is 0 Å². The lowest BCUT2D eigenvalue weighted by Crippen LogP contribution is -2.02. The minimum absolute atomic E-state index is 0.408. The van der Waals surface area contributed by atoms with Gasteiger partial charge in [-0.3, -0.25) is 0 Å². The van der Waals surface area contributed by atoms with Gasteiger partial charge in [-0.1, -0.05) is 26.8 Å². The van der Waals surface area contributed by atoms with Crippen molar-refractivity contribution in [3.8, 4) is 5.75 Å². The SMILES string of the molecule is CCCOc1ccc(C(C)O)cc1C(C)C. The van der Waals surface area contributed by atoms with Crippen LogP contribution < -0.4 is 4.74 Å². The Balaban J connectivity index is 2.99. The fourth-order valence-electron chi connectivity index (χ4n) is 1.62. The predicted octanol–water partition coefficient (Wildman–Crippen LogP) is 3.65. The van der Waals surface area contributed by atoms with Crippen LogP contribution in [0, 0.1) is 0 Å². The zero-order valence-corrected chi connectivity index (χ0v) is 10.7. The minimum Gasteiger partial charge on any atom is -0.493 e. The first-order valence-corrected chi connectivity index (χ1v) is 6.01. The molecule has 0 fully saturated rings. The molecule has 1 atom stereocenters. The molecule has 16 heavy (non-hydrogen) atoms. The van der Waals surface area contributed by atoms with Crippen molar-refractivity contribution in [1.29, 1.82) is 0 Å². The molecule has 2 nitrogen and oxygen atoms in total. The Kier molecular flexibility index (Phi) is 4.81. The van der Waals surface area contributed by atoms with E-state index < -0.39 is 6.10 Å². The topological polar surface area (TPSA) is 29.5 Å². The lowest BCUT2D eigenvalue weighted by atomic mass is 9.98. The van der Waals surface area contributed by atoms with Crippen molar-refractivity contribution in [2.45, 2.75) is 46.1 Å². The molecule has 1 aromatic rings. The summed E-state index contributed by atoms with van der Waals surface area (Å²) in [5.41, 5.74) is 2.12. The second kappa shape index (κ2) is 5.90. The van der Waals surface area contributed by atoms with Crippen molar-refractivity contribution >= 4 is 0 Å². The van der Waals surface area contributed by atoms with Crippen LogP contribution in [0.2, 0.25) is 0 Å². The van der Waals surface area contributed by atoms with Gasteiger partial charge < -0.3 is 9.84 Å². The number of aliphatic hydroxyl groups is 1. The summed E-state index contributed by atoms with van der Waals surface area (Å²) in [5.74, 6) is 1.35. The molecule has 1 N–H and O–H groups in total. The van der Waals surface area contributed by atoms with E-state index in [9.17, 15) is 5.11 Å². The highest BCUT2D eigenvalue weighted by Crippen LogP contribution is 2.29. The van der Waals surface area contributed by atoms with Gasteiger partial charge in [-0.25, -0.2) is 0 Å². The van der Waals surface area contributed by atoms with Gasteiger partial charge in [0.05, 0.1) is 12.7 Å². The summed E-state index contributed by atoms with van der Waals surface area (Å²) < 4.78 is 5.70. The monoisotopic (exact) mass is 222 g/mol. The van der Waals surface area contributed by atoms with Gasteiger partial charge >= 0.3 is 0 Å². The smallest absolute Gasteiger partial charge is 0.122 e. The lowest BCUT2D eigenvalue weighted by molar-refractivity contribution is 0.199. The Morgan fingerprint density at radius 3 is 2.44 bits per heavy atom. The highest BCUT2D eigenvalue weighted by Gasteiger charge is 2.10. The maximum absolute atomic E-state index is 9.56. The molecule has 0 amide bonds. The van der Waals surface area contributed by atoms with E-state index in [1.54, 1.807) is 6.92 Å². The van der Waals surface area contributed by atoms with E-state index in [-0.39, 0.29) is 0 Å². The second-order valence-electron chi connectivity index (χ2n) is 4.48. The third kappa shape index (κ3) is 3.24. The second-order valence-corrected chi connectivity index (χ2v) is 4.48. The molecule has 1 unspecified atom stereocenters. The zero-order valence-electron chi connectivity index (χ0n) is 10.7. The van der Waals surface area contributed by atoms with Crippen LogP contribution >= 0.6 is 0 Å². The molecule has 1 aromatic carbocycles. The van der Waals surface area contributed by atoms with E-state index in [0.29, 0.717) is 5.92 Å². The van der Waals surface area contributed by atoms with Crippen LogP contribution in [0.3, 0.4) is 0 Å². The fourth-order valence-corrected chi connectivity index (χ4v) is 1.62. The summed E-state index contributed by atoms with van der Waals surface area (Å²) in [6.45, 7) is 8.90. The molecule has 90 valence electrons. The Morgan fingerprint density at radius 2 is 1.94 bits per heavy atom. The summed E-state index contributed by atoms with van der Waals surface area (Å²) in [7, 11) is 0. The van der Waals surface area contributed by atoms with Crippen molar-refractivity contribution in [3.63, 3.8) is 0 Å². The number of benzene rings is 1. The van der Waals surface area contributed by atoms with Crippen LogP contribution in [0.25, 0.3) is 0 Å². The number of ether oxygens (including phenoxy) is 1. The van der Waals surface area contributed by atoms with E-state index >= 15 is 0 Å². The molecule has 0 aromatic heterocycles. The van der Waals surface area contributed by atoms with E-state index in [0.717, 1.165) is 24.3 Å². The highest BCUT2D eigenvalue weighted by atomic mass is 16.5. The first kappa shape index (κ1) is 13.0. The number of hydrogen-bond acceptors (Lipinski definition) is 2. The molecule has 0 bridgehead atoms. The van der Waals surface area contributed by atoms with Gasteiger partial charge in [-0.05, 0) is 42.5 Å². The van der Waals surface area contributed by atoms with Crippen molar-refractivity contribution in [3.05, 3.63) is 29.3 Å². The zero-order chi connectivity index (χ0) is 12.1. The molecule has 0 heterocycles. The average Bonchev–Trinajstić information content (AvgIpc) is 2.25.